The Labute approximate surface area is 119 Å². The molecule has 1 rings (SSSR count). The van der Waals surface area contributed by atoms with Crippen LogP contribution in [0.15, 0.2) is 18.2 Å². The molecule has 1 unspecified atom stereocenters. The Bertz CT molecular complexity index is 423. The molecule has 0 aromatic heterocycles. The van der Waals surface area contributed by atoms with Gasteiger partial charge in [0.2, 0.25) is 0 Å². The topological polar surface area (TPSA) is 47.6 Å². The number of hydrogen-bond donors (Lipinski definition) is 1. The number of benzene rings is 1. The predicted molar refractivity (Wildman–Crippen MR) is 75.6 cm³/mol. The minimum Gasteiger partial charge on any atom is -0.479 e. The summed E-state index contributed by atoms with van der Waals surface area (Å²) in [5.41, 5.74) is 0.928. The van der Waals surface area contributed by atoms with Gasteiger partial charge in [-0.3, -0.25) is 0 Å². The van der Waals surface area contributed by atoms with Crippen LogP contribution in [-0.2, 0) is 16.1 Å². The second-order valence-corrected chi connectivity index (χ2v) is 4.65. The van der Waals surface area contributed by atoms with Crippen LogP contribution in [0.5, 0.6) is 5.75 Å². The standard InChI is InChI=1S/C14H20ClNO3/c1-4-7-16-9-11-8-12(15)5-6-13(11)19-10(2)14(17)18-3/h5-6,8,10,16H,4,7,9H2,1-3H3. The van der Waals surface area contributed by atoms with Gasteiger partial charge >= 0.3 is 5.97 Å². The highest BCUT2D eigenvalue weighted by molar-refractivity contribution is 6.30. The van der Waals surface area contributed by atoms with Gasteiger partial charge in [-0.25, -0.2) is 4.79 Å². The first-order valence-corrected chi connectivity index (χ1v) is 6.70. The van der Waals surface area contributed by atoms with E-state index in [1.807, 2.05) is 6.07 Å². The lowest BCUT2D eigenvalue weighted by Crippen LogP contribution is -2.26. The van der Waals surface area contributed by atoms with Gasteiger partial charge in [0.25, 0.3) is 0 Å². The summed E-state index contributed by atoms with van der Waals surface area (Å²) < 4.78 is 10.3. The summed E-state index contributed by atoms with van der Waals surface area (Å²) in [5, 5.41) is 3.93. The smallest absolute Gasteiger partial charge is 0.346 e. The van der Waals surface area contributed by atoms with E-state index in [1.165, 1.54) is 7.11 Å². The van der Waals surface area contributed by atoms with Crippen molar-refractivity contribution in [3.05, 3.63) is 28.8 Å². The Kier molecular flexibility index (Phi) is 6.67. The SMILES string of the molecule is CCCNCc1cc(Cl)ccc1OC(C)C(=O)OC. The van der Waals surface area contributed by atoms with Gasteiger partial charge in [0.15, 0.2) is 6.10 Å². The van der Waals surface area contributed by atoms with E-state index < -0.39 is 12.1 Å². The first-order chi connectivity index (χ1) is 9.08. The van der Waals surface area contributed by atoms with Crippen LogP contribution in [0.25, 0.3) is 0 Å². The van der Waals surface area contributed by atoms with Crippen LogP contribution in [0.4, 0.5) is 0 Å². The zero-order chi connectivity index (χ0) is 14.3. The molecule has 1 atom stereocenters. The van der Waals surface area contributed by atoms with Crippen LogP contribution >= 0.6 is 11.6 Å². The largest absolute Gasteiger partial charge is 0.479 e. The van der Waals surface area contributed by atoms with E-state index >= 15 is 0 Å². The van der Waals surface area contributed by atoms with Crippen LogP contribution in [0.3, 0.4) is 0 Å². The van der Waals surface area contributed by atoms with E-state index in [9.17, 15) is 4.79 Å². The zero-order valence-corrected chi connectivity index (χ0v) is 12.3. The molecular weight excluding hydrogens is 266 g/mol. The first-order valence-electron chi connectivity index (χ1n) is 6.32. The molecule has 0 saturated heterocycles. The Morgan fingerprint density at radius 1 is 1.47 bits per heavy atom. The Morgan fingerprint density at radius 3 is 2.84 bits per heavy atom. The fourth-order valence-electron chi connectivity index (χ4n) is 1.61. The minimum absolute atomic E-state index is 0.401. The van der Waals surface area contributed by atoms with E-state index in [1.54, 1.807) is 19.1 Å². The molecule has 0 saturated carbocycles. The van der Waals surface area contributed by atoms with Crippen molar-refractivity contribution in [3.8, 4) is 5.75 Å². The molecule has 0 aliphatic rings. The highest BCUT2D eigenvalue weighted by Gasteiger charge is 2.16. The van der Waals surface area contributed by atoms with Crippen LogP contribution in [0.1, 0.15) is 25.8 Å². The molecule has 0 radical (unpaired) electrons. The zero-order valence-electron chi connectivity index (χ0n) is 11.5. The lowest BCUT2D eigenvalue weighted by Gasteiger charge is -2.16. The van der Waals surface area contributed by atoms with E-state index in [0.29, 0.717) is 17.3 Å². The fraction of sp³-hybridized carbons (Fsp3) is 0.500. The molecule has 0 aliphatic heterocycles. The third kappa shape index (κ3) is 5.09. The molecule has 5 heteroatoms. The number of methoxy groups -OCH3 is 1. The van der Waals surface area contributed by atoms with E-state index in [-0.39, 0.29) is 0 Å². The van der Waals surface area contributed by atoms with Crippen molar-refractivity contribution in [1.29, 1.82) is 0 Å². The third-order valence-electron chi connectivity index (χ3n) is 2.60. The molecule has 106 valence electrons. The van der Waals surface area contributed by atoms with Crippen LogP contribution < -0.4 is 10.1 Å². The van der Waals surface area contributed by atoms with Gasteiger partial charge in [0, 0.05) is 17.1 Å². The van der Waals surface area contributed by atoms with E-state index in [4.69, 9.17) is 16.3 Å². The molecule has 4 nitrogen and oxygen atoms in total. The number of rotatable bonds is 7. The maximum Gasteiger partial charge on any atom is 0.346 e. The Balaban J connectivity index is 2.78. The number of esters is 1. The van der Waals surface area contributed by atoms with Crippen molar-refractivity contribution in [1.82, 2.24) is 5.32 Å². The van der Waals surface area contributed by atoms with Crippen molar-refractivity contribution >= 4 is 17.6 Å². The summed E-state index contributed by atoms with van der Waals surface area (Å²) in [5.74, 6) is 0.244. The lowest BCUT2D eigenvalue weighted by atomic mass is 10.2. The molecule has 0 aliphatic carbocycles. The number of ether oxygens (including phenoxy) is 2. The van der Waals surface area contributed by atoms with Crippen LogP contribution in [0.2, 0.25) is 5.02 Å². The third-order valence-corrected chi connectivity index (χ3v) is 2.84. The summed E-state index contributed by atoms with van der Waals surface area (Å²) in [6.45, 7) is 5.32. The normalized spacial score (nSPS) is 12.0. The minimum atomic E-state index is -0.642. The van der Waals surface area contributed by atoms with Gasteiger partial charge in [0.1, 0.15) is 5.75 Å². The number of halogens is 1. The average Bonchev–Trinajstić information content (AvgIpc) is 2.40. The predicted octanol–water partition coefficient (Wildman–Crippen LogP) is 2.78. The van der Waals surface area contributed by atoms with Gasteiger partial charge < -0.3 is 14.8 Å². The fourth-order valence-corrected chi connectivity index (χ4v) is 1.80. The van der Waals surface area contributed by atoms with Crippen molar-refractivity contribution in [2.24, 2.45) is 0 Å². The van der Waals surface area contributed by atoms with Gasteiger partial charge in [-0.05, 0) is 38.1 Å². The second kappa shape index (κ2) is 8.02. The first kappa shape index (κ1) is 15.8. The summed E-state index contributed by atoms with van der Waals surface area (Å²) in [6.07, 6.45) is 0.408. The lowest BCUT2D eigenvalue weighted by molar-refractivity contribution is -0.147. The van der Waals surface area contributed by atoms with Gasteiger partial charge in [0.05, 0.1) is 7.11 Å². The molecule has 1 aromatic rings. The molecular formula is C14H20ClNO3. The maximum atomic E-state index is 11.4. The molecule has 0 amide bonds. The molecule has 1 aromatic carbocycles. The summed E-state index contributed by atoms with van der Waals surface area (Å²) in [4.78, 5) is 11.4. The highest BCUT2D eigenvalue weighted by atomic mass is 35.5. The van der Waals surface area contributed by atoms with Gasteiger partial charge in [-0.2, -0.15) is 0 Å². The summed E-state index contributed by atoms with van der Waals surface area (Å²) >= 11 is 5.98. The summed E-state index contributed by atoms with van der Waals surface area (Å²) in [6, 6.07) is 5.35. The van der Waals surface area contributed by atoms with E-state index in [2.05, 4.69) is 17.0 Å². The number of hydrogen-bond acceptors (Lipinski definition) is 4. The highest BCUT2D eigenvalue weighted by Crippen LogP contribution is 2.24. The van der Waals surface area contributed by atoms with Gasteiger partial charge in [-0.15, -0.1) is 0 Å². The van der Waals surface area contributed by atoms with Crippen molar-refractivity contribution in [2.75, 3.05) is 13.7 Å². The molecule has 1 N–H and O–H groups in total. The Morgan fingerprint density at radius 2 is 2.21 bits per heavy atom. The quantitative estimate of drug-likeness (QED) is 0.618. The van der Waals surface area contributed by atoms with Crippen molar-refractivity contribution < 1.29 is 14.3 Å². The van der Waals surface area contributed by atoms with Crippen LogP contribution in [0, 0.1) is 0 Å². The number of carbonyl (C=O) groups is 1. The number of nitrogens with one attached hydrogen (secondary N) is 1. The monoisotopic (exact) mass is 285 g/mol. The number of carbonyl (C=O) groups excluding carboxylic acids is 1. The molecule has 0 spiro atoms. The van der Waals surface area contributed by atoms with Gasteiger partial charge in [-0.1, -0.05) is 18.5 Å². The summed E-state index contributed by atoms with van der Waals surface area (Å²) in [7, 11) is 1.34. The molecule has 0 fully saturated rings. The molecule has 0 heterocycles. The molecule has 19 heavy (non-hydrogen) atoms. The van der Waals surface area contributed by atoms with E-state index in [0.717, 1.165) is 18.5 Å². The van der Waals surface area contributed by atoms with Crippen LogP contribution in [-0.4, -0.2) is 25.7 Å². The maximum absolute atomic E-state index is 11.4. The second-order valence-electron chi connectivity index (χ2n) is 4.21. The average molecular weight is 286 g/mol. The molecule has 0 bridgehead atoms. The van der Waals surface area contributed by atoms with Crippen molar-refractivity contribution in [3.63, 3.8) is 0 Å². The van der Waals surface area contributed by atoms with Crippen molar-refractivity contribution in [2.45, 2.75) is 32.9 Å². The Hall–Kier alpha value is -1.26.